The number of rotatable bonds is 5. The predicted octanol–water partition coefficient (Wildman–Crippen LogP) is 3.84. The van der Waals surface area contributed by atoms with E-state index in [0.29, 0.717) is 16.6 Å². The molecular weight excluding hydrogens is 416 g/mol. The summed E-state index contributed by atoms with van der Waals surface area (Å²) in [6.45, 7) is 1.62. The van der Waals surface area contributed by atoms with Crippen LogP contribution in [-0.2, 0) is 6.61 Å². The number of ether oxygens (including phenoxy) is 1. The number of halogens is 2. The normalized spacial score (nSPS) is 14.1. The van der Waals surface area contributed by atoms with Crippen molar-refractivity contribution in [3.05, 3.63) is 53.7 Å². The van der Waals surface area contributed by atoms with Gasteiger partial charge >= 0.3 is 0 Å². The van der Waals surface area contributed by atoms with E-state index in [-0.39, 0.29) is 29.4 Å². The first-order valence-corrected chi connectivity index (χ1v) is 10.4. The lowest BCUT2D eigenvalue weighted by molar-refractivity contribution is 0.295. The smallest absolute Gasteiger partial charge is 0.207 e. The van der Waals surface area contributed by atoms with Gasteiger partial charge in [0.05, 0.1) is 5.56 Å². The first-order valence-electron chi connectivity index (χ1n) is 10.4. The van der Waals surface area contributed by atoms with Crippen LogP contribution in [0.2, 0.25) is 0 Å². The Morgan fingerprint density at radius 2 is 1.78 bits per heavy atom. The lowest BCUT2D eigenvalue weighted by atomic mass is 10.0. The lowest BCUT2D eigenvalue weighted by Gasteiger charge is -2.27. The first kappa shape index (κ1) is 20.1. The van der Waals surface area contributed by atoms with Gasteiger partial charge in [-0.15, -0.1) is 5.10 Å². The van der Waals surface area contributed by atoms with E-state index in [9.17, 15) is 8.78 Å². The van der Waals surface area contributed by atoms with E-state index in [0.717, 1.165) is 31.7 Å². The molecule has 32 heavy (non-hydrogen) atoms. The van der Waals surface area contributed by atoms with Crippen molar-refractivity contribution in [2.45, 2.75) is 25.9 Å². The molecule has 3 aromatic heterocycles. The minimum absolute atomic E-state index is 0.165. The summed E-state index contributed by atoms with van der Waals surface area (Å²) in [7, 11) is 0. The summed E-state index contributed by atoms with van der Waals surface area (Å²) in [5, 5.41) is 10.2. The Bertz CT molecular complexity index is 1230. The van der Waals surface area contributed by atoms with Gasteiger partial charge in [0.15, 0.2) is 11.3 Å². The average molecular weight is 437 g/mol. The van der Waals surface area contributed by atoms with Crippen molar-refractivity contribution in [3.63, 3.8) is 0 Å². The number of aromatic amines is 1. The molecule has 0 unspecified atom stereocenters. The number of piperidine rings is 1. The van der Waals surface area contributed by atoms with Crippen LogP contribution >= 0.6 is 0 Å². The Labute approximate surface area is 182 Å². The number of nitrogens with zero attached hydrogens (tertiary/aromatic N) is 5. The molecule has 0 spiro atoms. The quantitative estimate of drug-likeness (QED) is 0.489. The van der Waals surface area contributed by atoms with Crippen LogP contribution in [0.3, 0.4) is 0 Å². The summed E-state index contributed by atoms with van der Waals surface area (Å²) in [5.74, 6) is -0.132. The molecule has 5 rings (SSSR count). The van der Waals surface area contributed by atoms with Gasteiger partial charge in [0.2, 0.25) is 5.65 Å². The average Bonchev–Trinajstić information content (AvgIpc) is 3.27. The number of aromatic nitrogens is 5. The monoisotopic (exact) mass is 437 g/mol. The zero-order valence-electron chi connectivity index (χ0n) is 17.2. The number of hydrogen-bond acceptors (Lipinski definition) is 7. The first-order chi connectivity index (χ1) is 15.6. The van der Waals surface area contributed by atoms with Crippen molar-refractivity contribution in [2.24, 2.45) is 0 Å². The zero-order valence-corrected chi connectivity index (χ0v) is 17.2. The number of benzene rings is 1. The summed E-state index contributed by atoms with van der Waals surface area (Å²) >= 11 is 0. The Hall–Kier alpha value is -3.82. The molecule has 4 heterocycles. The van der Waals surface area contributed by atoms with Gasteiger partial charge < -0.3 is 15.4 Å². The molecule has 164 valence electrons. The SMILES string of the molecule is Nc1cc(OCc2c(F)cc(-c3ccc(N4CCCCC4)nc3)cc2F)c2n[nH]nc2n1. The molecule has 0 bridgehead atoms. The minimum atomic E-state index is -0.710. The molecule has 1 aliphatic heterocycles. The number of fused-ring (bicyclic) bond motifs is 1. The Morgan fingerprint density at radius 3 is 2.50 bits per heavy atom. The fourth-order valence-electron chi connectivity index (χ4n) is 3.86. The second-order valence-electron chi connectivity index (χ2n) is 7.70. The Kier molecular flexibility index (Phi) is 5.26. The van der Waals surface area contributed by atoms with Crippen LogP contribution in [0.1, 0.15) is 24.8 Å². The third-order valence-corrected chi connectivity index (χ3v) is 5.55. The highest BCUT2D eigenvalue weighted by Crippen LogP contribution is 2.28. The van der Waals surface area contributed by atoms with Crippen LogP contribution in [0.25, 0.3) is 22.3 Å². The lowest BCUT2D eigenvalue weighted by Crippen LogP contribution is -2.29. The maximum Gasteiger partial charge on any atom is 0.207 e. The molecule has 0 saturated carbocycles. The van der Waals surface area contributed by atoms with Gasteiger partial charge in [-0.2, -0.15) is 10.3 Å². The molecule has 3 N–H and O–H groups in total. The fourth-order valence-corrected chi connectivity index (χ4v) is 3.86. The van der Waals surface area contributed by atoms with E-state index in [2.05, 4.69) is 30.3 Å². The van der Waals surface area contributed by atoms with Crippen LogP contribution in [0, 0.1) is 11.6 Å². The van der Waals surface area contributed by atoms with E-state index >= 15 is 0 Å². The van der Waals surface area contributed by atoms with Gasteiger partial charge in [-0.25, -0.2) is 18.7 Å². The van der Waals surface area contributed by atoms with E-state index < -0.39 is 11.6 Å². The molecule has 0 radical (unpaired) electrons. The maximum absolute atomic E-state index is 14.8. The topological polar surface area (TPSA) is 106 Å². The molecule has 0 atom stereocenters. The number of anilines is 2. The molecule has 8 nitrogen and oxygen atoms in total. The molecule has 10 heteroatoms. The van der Waals surface area contributed by atoms with Crippen molar-refractivity contribution >= 4 is 22.8 Å². The molecule has 1 fully saturated rings. The zero-order chi connectivity index (χ0) is 22.1. The summed E-state index contributed by atoms with van der Waals surface area (Å²) in [6.07, 6.45) is 5.19. The molecule has 1 aliphatic rings. The van der Waals surface area contributed by atoms with Crippen LogP contribution in [0.4, 0.5) is 20.4 Å². The maximum atomic E-state index is 14.8. The second kappa shape index (κ2) is 8.37. The number of nitrogen functional groups attached to an aromatic ring is 1. The standard InChI is InChI=1S/C22H21F2N7O/c23-16-8-14(13-4-5-20(26-11-13)31-6-2-1-3-7-31)9-17(24)15(16)12-32-18-10-19(25)27-22-21(18)28-30-29-22/h4-5,8-11H,1-3,6-7,12H2,(H3,25,27,28,29,30). The predicted molar refractivity (Wildman–Crippen MR) is 116 cm³/mol. The van der Waals surface area contributed by atoms with Crippen molar-refractivity contribution in [1.82, 2.24) is 25.4 Å². The molecule has 0 aliphatic carbocycles. The molecule has 1 aromatic carbocycles. The highest BCUT2D eigenvalue weighted by Gasteiger charge is 2.17. The Morgan fingerprint density at radius 1 is 1.00 bits per heavy atom. The molecule has 1 saturated heterocycles. The van der Waals surface area contributed by atoms with Crippen molar-refractivity contribution < 1.29 is 13.5 Å². The van der Waals surface area contributed by atoms with Crippen molar-refractivity contribution in [1.29, 1.82) is 0 Å². The van der Waals surface area contributed by atoms with Gasteiger partial charge in [0, 0.05) is 30.9 Å². The second-order valence-corrected chi connectivity index (χ2v) is 7.70. The van der Waals surface area contributed by atoms with Gasteiger partial charge in [0.1, 0.15) is 29.9 Å². The van der Waals surface area contributed by atoms with E-state index in [1.807, 2.05) is 12.1 Å². The van der Waals surface area contributed by atoms with Crippen LogP contribution in [-0.4, -0.2) is 38.5 Å². The van der Waals surface area contributed by atoms with Gasteiger partial charge in [-0.05, 0) is 49.1 Å². The number of H-pyrrole nitrogens is 1. The third kappa shape index (κ3) is 3.91. The number of nitrogens with two attached hydrogens (primary N) is 1. The van der Waals surface area contributed by atoms with Gasteiger partial charge in [-0.1, -0.05) is 0 Å². The molecule has 4 aromatic rings. The van der Waals surface area contributed by atoms with E-state index in [4.69, 9.17) is 10.5 Å². The highest BCUT2D eigenvalue weighted by atomic mass is 19.1. The van der Waals surface area contributed by atoms with Crippen LogP contribution < -0.4 is 15.4 Å². The van der Waals surface area contributed by atoms with Crippen LogP contribution in [0.15, 0.2) is 36.5 Å². The van der Waals surface area contributed by atoms with Crippen LogP contribution in [0.5, 0.6) is 5.75 Å². The van der Waals surface area contributed by atoms with Gasteiger partial charge in [-0.3, -0.25) is 0 Å². The van der Waals surface area contributed by atoms with Crippen molar-refractivity contribution in [3.8, 4) is 16.9 Å². The van der Waals surface area contributed by atoms with E-state index in [1.54, 1.807) is 6.20 Å². The van der Waals surface area contributed by atoms with E-state index in [1.165, 1.54) is 24.6 Å². The summed E-state index contributed by atoms with van der Waals surface area (Å²) < 4.78 is 35.2. The number of pyridine rings is 2. The summed E-state index contributed by atoms with van der Waals surface area (Å²) in [5.41, 5.74) is 7.17. The number of hydrogen-bond donors (Lipinski definition) is 2. The largest absolute Gasteiger partial charge is 0.486 e. The summed E-state index contributed by atoms with van der Waals surface area (Å²) in [6, 6.07) is 7.73. The Balaban J connectivity index is 1.35. The fraction of sp³-hybridized carbons (Fsp3) is 0.273. The minimum Gasteiger partial charge on any atom is -0.486 e. The van der Waals surface area contributed by atoms with Gasteiger partial charge in [0.25, 0.3) is 0 Å². The van der Waals surface area contributed by atoms with Crippen molar-refractivity contribution in [2.75, 3.05) is 23.7 Å². The molecular formula is C22H21F2N7O. The number of nitrogens with one attached hydrogen (secondary N) is 1. The third-order valence-electron chi connectivity index (χ3n) is 5.55. The highest BCUT2D eigenvalue weighted by molar-refractivity contribution is 5.78. The molecule has 0 amide bonds. The summed E-state index contributed by atoms with van der Waals surface area (Å²) in [4.78, 5) is 10.7.